The van der Waals surface area contributed by atoms with Gasteiger partial charge in [-0.05, 0) is 24.1 Å². The molecule has 0 heterocycles. The molecule has 0 radical (unpaired) electrons. The van der Waals surface area contributed by atoms with Gasteiger partial charge in [0.15, 0.2) is 0 Å². The first-order valence-corrected chi connectivity index (χ1v) is 5.89. The Balaban J connectivity index is 2.59. The Morgan fingerprint density at radius 3 is 2.47 bits per heavy atom. The zero-order chi connectivity index (χ0) is 12.7. The van der Waals surface area contributed by atoms with E-state index in [0.29, 0.717) is 19.5 Å². The van der Waals surface area contributed by atoms with Crippen LogP contribution in [0, 0.1) is 5.82 Å². The fourth-order valence-corrected chi connectivity index (χ4v) is 1.68. The molecule has 0 aliphatic heterocycles. The van der Waals surface area contributed by atoms with Crippen LogP contribution in [0.5, 0.6) is 0 Å². The standard InChI is InChI=1S/C13H19FN2O/c1-2-8-16(9-7-15)13(17)10-11-3-5-12(14)6-4-11/h3-6H,2,7-10,15H2,1H3. The molecule has 3 nitrogen and oxygen atoms in total. The van der Waals surface area contributed by atoms with Gasteiger partial charge in [-0.2, -0.15) is 0 Å². The summed E-state index contributed by atoms with van der Waals surface area (Å²) in [6.45, 7) is 3.79. The highest BCUT2D eigenvalue weighted by atomic mass is 19.1. The summed E-state index contributed by atoms with van der Waals surface area (Å²) in [5.41, 5.74) is 6.30. The maximum absolute atomic E-state index is 12.7. The van der Waals surface area contributed by atoms with E-state index in [-0.39, 0.29) is 11.7 Å². The van der Waals surface area contributed by atoms with Gasteiger partial charge in [0.05, 0.1) is 6.42 Å². The lowest BCUT2D eigenvalue weighted by molar-refractivity contribution is -0.130. The molecule has 0 saturated heterocycles. The molecule has 0 aliphatic rings. The molecule has 0 unspecified atom stereocenters. The Morgan fingerprint density at radius 1 is 1.29 bits per heavy atom. The molecule has 0 bridgehead atoms. The molecule has 2 N–H and O–H groups in total. The minimum atomic E-state index is -0.284. The fraction of sp³-hybridized carbons (Fsp3) is 0.462. The third kappa shape index (κ3) is 4.53. The smallest absolute Gasteiger partial charge is 0.227 e. The van der Waals surface area contributed by atoms with Gasteiger partial charge in [0.1, 0.15) is 5.82 Å². The lowest BCUT2D eigenvalue weighted by Gasteiger charge is -2.21. The van der Waals surface area contributed by atoms with E-state index in [4.69, 9.17) is 5.73 Å². The van der Waals surface area contributed by atoms with E-state index in [1.165, 1.54) is 12.1 Å². The third-order valence-electron chi connectivity index (χ3n) is 2.51. The van der Waals surface area contributed by atoms with Crippen molar-refractivity contribution >= 4 is 5.91 Å². The first kappa shape index (κ1) is 13.6. The van der Waals surface area contributed by atoms with E-state index in [1.54, 1.807) is 17.0 Å². The van der Waals surface area contributed by atoms with Crippen LogP contribution in [0.3, 0.4) is 0 Å². The van der Waals surface area contributed by atoms with Crippen LogP contribution in [0.15, 0.2) is 24.3 Å². The summed E-state index contributed by atoms with van der Waals surface area (Å²) in [5, 5.41) is 0. The van der Waals surface area contributed by atoms with E-state index < -0.39 is 0 Å². The van der Waals surface area contributed by atoms with Crippen molar-refractivity contribution in [1.29, 1.82) is 0 Å². The molecule has 17 heavy (non-hydrogen) atoms. The van der Waals surface area contributed by atoms with Crippen molar-refractivity contribution in [3.63, 3.8) is 0 Å². The van der Waals surface area contributed by atoms with Crippen molar-refractivity contribution in [3.8, 4) is 0 Å². The van der Waals surface area contributed by atoms with Crippen molar-refractivity contribution in [2.45, 2.75) is 19.8 Å². The van der Waals surface area contributed by atoms with Crippen LogP contribution in [0.25, 0.3) is 0 Å². The summed E-state index contributed by atoms with van der Waals surface area (Å²) in [7, 11) is 0. The number of carbonyl (C=O) groups excluding carboxylic acids is 1. The predicted octanol–water partition coefficient (Wildman–Crippen LogP) is 1.57. The molecular weight excluding hydrogens is 219 g/mol. The molecule has 1 rings (SSSR count). The van der Waals surface area contributed by atoms with Crippen molar-refractivity contribution in [1.82, 2.24) is 4.90 Å². The van der Waals surface area contributed by atoms with Crippen LogP contribution in [0.4, 0.5) is 4.39 Å². The zero-order valence-corrected chi connectivity index (χ0v) is 10.2. The number of carbonyl (C=O) groups is 1. The molecule has 4 heteroatoms. The van der Waals surface area contributed by atoms with E-state index in [1.807, 2.05) is 6.92 Å². The van der Waals surface area contributed by atoms with E-state index in [2.05, 4.69) is 0 Å². The van der Waals surface area contributed by atoms with Gasteiger partial charge in [-0.15, -0.1) is 0 Å². The van der Waals surface area contributed by atoms with Gasteiger partial charge in [0.2, 0.25) is 5.91 Å². The van der Waals surface area contributed by atoms with Crippen LogP contribution >= 0.6 is 0 Å². The van der Waals surface area contributed by atoms with Gasteiger partial charge in [-0.3, -0.25) is 4.79 Å². The van der Waals surface area contributed by atoms with Gasteiger partial charge in [-0.25, -0.2) is 4.39 Å². The third-order valence-corrected chi connectivity index (χ3v) is 2.51. The number of halogens is 1. The minimum absolute atomic E-state index is 0.0453. The summed E-state index contributed by atoms with van der Waals surface area (Å²) in [4.78, 5) is 13.7. The molecule has 1 amide bonds. The molecule has 1 aromatic carbocycles. The minimum Gasteiger partial charge on any atom is -0.341 e. The van der Waals surface area contributed by atoms with Gasteiger partial charge in [-0.1, -0.05) is 19.1 Å². The van der Waals surface area contributed by atoms with Gasteiger partial charge >= 0.3 is 0 Å². The van der Waals surface area contributed by atoms with Crippen LogP contribution in [-0.4, -0.2) is 30.4 Å². The quantitative estimate of drug-likeness (QED) is 0.817. The molecule has 94 valence electrons. The molecule has 0 fully saturated rings. The van der Waals surface area contributed by atoms with E-state index in [9.17, 15) is 9.18 Å². The maximum Gasteiger partial charge on any atom is 0.227 e. The van der Waals surface area contributed by atoms with Crippen LogP contribution in [0.2, 0.25) is 0 Å². The highest BCUT2D eigenvalue weighted by Gasteiger charge is 2.12. The Bertz CT molecular complexity index is 345. The van der Waals surface area contributed by atoms with E-state index >= 15 is 0 Å². The number of hydrogen-bond acceptors (Lipinski definition) is 2. The number of nitrogens with zero attached hydrogens (tertiary/aromatic N) is 1. The second kappa shape index (κ2) is 7.01. The summed E-state index contributed by atoms with van der Waals surface area (Å²) in [5.74, 6) is -0.238. The summed E-state index contributed by atoms with van der Waals surface area (Å²) < 4.78 is 12.7. The Hall–Kier alpha value is -1.42. The molecule has 0 aliphatic carbocycles. The highest BCUT2D eigenvalue weighted by Crippen LogP contribution is 2.06. The molecule has 0 saturated carbocycles. The molecule has 1 aromatic rings. The predicted molar refractivity (Wildman–Crippen MR) is 66.0 cm³/mol. The fourth-order valence-electron chi connectivity index (χ4n) is 1.68. The number of rotatable bonds is 6. The van der Waals surface area contributed by atoms with Gasteiger partial charge in [0.25, 0.3) is 0 Å². The highest BCUT2D eigenvalue weighted by molar-refractivity contribution is 5.78. The SMILES string of the molecule is CCCN(CCN)C(=O)Cc1ccc(F)cc1. The summed E-state index contributed by atoms with van der Waals surface area (Å²) >= 11 is 0. The second-order valence-electron chi connectivity index (χ2n) is 3.97. The number of benzene rings is 1. The second-order valence-corrected chi connectivity index (χ2v) is 3.97. The van der Waals surface area contributed by atoms with Crippen LogP contribution < -0.4 is 5.73 Å². The Labute approximate surface area is 101 Å². The number of nitrogens with two attached hydrogens (primary N) is 1. The molecule has 0 atom stereocenters. The average molecular weight is 238 g/mol. The van der Waals surface area contributed by atoms with Crippen LogP contribution in [-0.2, 0) is 11.2 Å². The Kier molecular flexibility index (Phi) is 5.63. The number of amides is 1. The first-order chi connectivity index (χ1) is 8.17. The average Bonchev–Trinajstić information content (AvgIpc) is 2.32. The topological polar surface area (TPSA) is 46.3 Å². The molecule has 0 aromatic heterocycles. The first-order valence-electron chi connectivity index (χ1n) is 5.89. The van der Waals surface area contributed by atoms with Gasteiger partial charge in [0, 0.05) is 19.6 Å². The maximum atomic E-state index is 12.7. The monoisotopic (exact) mass is 238 g/mol. The van der Waals surface area contributed by atoms with Crippen molar-refractivity contribution in [2.75, 3.05) is 19.6 Å². The summed E-state index contributed by atoms with van der Waals surface area (Å²) in [6.07, 6.45) is 1.22. The Morgan fingerprint density at radius 2 is 1.94 bits per heavy atom. The molecule has 0 spiro atoms. The van der Waals surface area contributed by atoms with Crippen molar-refractivity contribution in [3.05, 3.63) is 35.6 Å². The van der Waals surface area contributed by atoms with Crippen molar-refractivity contribution in [2.24, 2.45) is 5.73 Å². The normalized spacial score (nSPS) is 10.3. The molecular formula is C13H19FN2O. The lowest BCUT2D eigenvalue weighted by Crippen LogP contribution is -2.36. The van der Waals surface area contributed by atoms with Crippen molar-refractivity contribution < 1.29 is 9.18 Å². The lowest BCUT2D eigenvalue weighted by atomic mass is 10.1. The largest absolute Gasteiger partial charge is 0.341 e. The number of hydrogen-bond donors (Lipinski definition) is 1. The van der Waals surface area contributed by atoms with Gasteiger partial charge < -0.3 is 10.6 Å². The van der Waals surface area contributed by atoms with E-state index in [0.717, 1.165) is 18.5 Å². The zero-order valence-electron chi connectivity index (χ0n) is 10.2. The van der Waals surface area contributed by atoms with Crippen LogP contribution in [0.1, 0.15) is 18.9 Å². The summed E-state index contributed by atoms with van der Waals surface area (Å²) in [6, 6.07) is 6.02.